The molecule has 0 spiro atoms. The van der Waals surface area contributed by atoms with Gasteiger partial charge in [-0.25, -0.2) is 5.84 Å². The Kier molecular flexibility index (Phi) is 5.11. The summed E-state index contributed by atoms with van der Waals surface area (Å²) in [4.78, 5) is 16.1. The van der Waals surface area contributed by atoms with Crippen LogP contribution in [0.25, 0.3) is 0 Å². The van der Waals surface area contributed by atoms with E-state index in [0.717, 1.165) is 13.1 Å². The number of nitrogens with one attached hydrogen (secondary N) is 1. The van der Waals surface area contributed by atoms with Gasteiger partial charge in [0.15, 0.2) is 0 Å². The van der Waals surface area contributed by atoms with Crippen molar-refractivity contribution in [2.75, 3.05) is 27.2 Å². The third-order valence-electron chi connectivity index (χ3n) is 3.99. The lowest BCUT2D eigenvalue weighted by molar-refractivity contribution is 0.0953. The predicted molar refractivity (Wildman–Crippen MR) is 80.1 cm³/mol. The Morgan fingerprint density at radius 1 is 1.45 bits per heavy atom. The summed E-state index contributed by atoms with van der Waals surface area (Å²) in [7, 11) is 4.35. The fourth-order valence-electron chi connectivity index (χ4n) is 2.79. The molecule has 0 radical (unpaired) electrons. The van der Waals surface area contributed by atoms with Crippen LogP contribution in [0.15, 0.2) is 24.3 Å². The molecule has 1 aromatic carbocycles. The zero-order chi connectivity index (χ0) is 14.5. The lowest BCUT2D eigenvalue weighted by atomic mass is 10.1. The minimum absolute atomic E-state index is 0.252. The van der Waals surface area contributed by atoms with Crippen LogP contribution in [0.3, 0.4) is 0 Å². The number of hydrogen-bond donors (Lipinski definition) is 2. The molecule has 0 bridgehead atoms. The van der Waals surface area contributed by atoms with E-state index in [9.17, 15) is 4.79 Å². The minimum Gasteiger partial charge on any atom is -0.302 e. The molecule has 1 aliphatic heterocycles. The lowest BCUT2D eigenvalue weighted by Gasteiger charge is -2.25. The molecule has 5 nitrogen and oxygen atoms in total. The summed E-state index contributed by atoms with van der Waals surface area (Å²) in [6.07, 6.45) is 2.59. The normalized spacial score (nSPS) is 19.5. The van der Waals surface area contributed by atoms with Gasteiger partial charge in [-0.2, -0.15) is 0 Å². The van der Waals surface area contributed by atoms with Crippen LogP contribution in [-0.2, 0) is 6.54 Å². The Labute approximate surface area is 120 Å². The van der Waals surface area contributed by atoms with Gasteiger partial charge in [0.2, 0.25) is 0 Å². The first-order valence-corrected chi connectivity index (χ1v) is 7.09. The van der Waals surface area contributed by atoms with Gasteiger partial charge in [-0.05, 0) is 51.2 Å². The number of rotatable bonds is 5. The number of likely N-dealkylation sites (N-methyl/N-ethyl adjacent to an activating group) is 2. The molecule has 1 atom stereocenters. The average molecular weight is 276 g/mol. The van der Waals surface area contributed by atoms with Gasteiger partial charge in [-0.3, -0.25) is 10.2 Å². The fraction of sp³-hybridized carbons (Fsp3) is 0.533. The van der Waals surface area contributed by atoms with Crippen LogP contribution in [0, 0.1) is 0 Å². The van der Waals surface area contributed by atoms with Gasteiger partial charge in [0, 0.05) is 24.7 Å². The number of amides is 1. The van der Waals surface area contributed by atoms with E-state index < -0.39 is 0 Å². The van der Waals surface area contributed by atoms with Crippen LogP contribution in [0.4, 0.5) is 0 Å². The fourth-order valence-corrected chi connectivity index (χ4v) is 2.79. The monoisotopic (exact) mass is 276 g/mol. The summed E-state index contributed by atoms with van der Waals surface area (Å²) in [5, 5.41) is 0. The van der Waals surface area contributed by atoms with Gasteiger partial charge in [-0.1, -0.05) is 12.1 Å². The summed E-state index contributed by atoms with van der Waals surface area (Å²) in [6, 6.07) is 8.27. The van der Waals surface area contributed by atoms with Gasteiger partial charge in [-0.15, -0.1) is 0 Å². The number of hydrazine groups is 1. The standard InChI is InChI=1S/C15H24N4O/c1-18(11-14-4-3-9-19(14)2)10-12-5-7-13(8-6-12)15(20)17-16/h5-8,14H,3-4,9-11,16H2,1-2H3,(H,17,20). The van der Waals surface area contributed by atoms with E-state index >= 15 is 0 Å². The highest BCUT2D eigenvalue weighted by molar-refractivity contribution is 5.93. The molecule has 0 saturated carbocycles. The minimum atomic E-state index is -0.252. The van der Waals surface area contributed by atoms with E-state index in [0.29, 0.717) is 11.6 Å². The Morgan fingerprint density at radius 3 is 2.70 bits per heavy atom. The maximum atomic E-state index is 11.4. The van der Waals surface area contributed by atoms with Crippen molar-refractivity contribution in [3.8, 4) is 0 Å². The van der Waals surface area contributed by atoms with Crippen molar-refractivity contribution in [1.29, 1.82) is 0 Å². The maximum Gasteiger partial charge on any atom is 0.265 e. The van der Waals surface area contributed by atoms with Crippen LogP contribution in [0.2, 0.25) is 0 Å². The number of nitrogens with zero attached hydrogens (tertiary/aromatic N) is 2. The molecule has 1 unspecified atom stereocenters. The Morgan fingerprint density at radius 2 is 2.15 bits per heavy atom. The van der Waals surface area contributed by atoms with Crippen LogP contribution >= 0.6 is 0 Å². The molecule has 1 aromatic rings. The third kappa shape index (κ3) is 3.79. The van der Waals surface area contributed by atoms with E-state index in [1.807, 2.05) is 24.3 Å². The quantitative estimate of drug-likeness (QED) is 0.475. The van der Waals surface area contributed by atoms with Crippen molar-refractivity contribution in [3.63, 3.8) is 0 Å². The van der Waals surface area contributed by atoms with Crippen LogP contribution < -0.4 is 11.3 Å². The molecular weight excluding hydrogens is 252 g/mol. The van der Waals surface area contributed by atoms with E-state index in [1.54, 1.807) is 0 Å². The van der Waals surface area contributed by atoms with Crippen molar-refractivity contribution in [3.05, 3.63) is 35.4 Å². The molecule has 3 N–H and O–H groups in total. The molecule has 1 saturated heterocycles. The Bertz CT molecular complexity index is 446. The first kappa shape index (κ1) is 15.0. The molecule has 0 aliphatic carbocycles. The Hall–Kier alpha value is -1.43. The molecule has 5 heteroatoms. The second-order valence-corrected chi connectivity index (χ2v) is 5.64. The number of nitrogens with two attached hydrogens (primary N) is 1. The highest BCUT2D eigenvalue weighted by Gasteiger charge is 2.21. The van der Waals surface area contributed by atoms with Gasteiger partial charge in [0.1, 0.15) is 0 Å². The van der Waals surface area contributed by atoms with Crippen molar-refractivity contribution >= 4 is 5.91 Å². The topological polar surface area (TPSA) is 61.6 Å². The molecule has 2 rings (SSSR count). The average Bonchev–Trinajstić information content (AvgIpc) is 2.84. The van der Waals surface area contributed by atoms with Crippen LogP contribution in [-0.4, -0.2) is 48.9 Å². The zero-order valence-electron chi connectivity index (χ0n) is 12.3. The summed E-state index contributed by atoms with van der Waals surface area (Å²) in [5.41, 5.74) is 3.94. The van der Waals surface area contributed by atoms with Crippen molar-refractivity contribution in [1.82, 2.24) is 15.2 Å². The first-order valence-electron chi connectivity index (χ1n) is 7.09. The number of hydrogen-bond acceptors (Lipinski definition) is 4. The summed E-state index contributed by atoms with van der Waals surface area (Å²) in [5.74, 6) is 4.86. The first-order chi connectivity index (χ1) is 9.60. The van der Waals surface area contributed by atoms with Crippen LogP contribution in [0.1, 0.15) is 28.8 Å². The smallest absolute Gasteiger partial charge is 0.265 e. The zero-order valence-corrected chi connectivity index (χ0v) is 12.3. The molecule has 1 aliphatic rings. The number of likely N-dealkylation sites (tertiary alicyclic amines) is 1. The molecule has 1 amide bonds. The number of carbonyl (C=O) groups excluding carboxylic acids is 1. The van der Waals surface area contributed by atoms with E-state index in [-0.39, 0.29) is 5.91 Å². The van der Waals surface area contributed by atoms with Gasteiger partial charge >= 0.3 is 0 Å². The third-order valence-corrected chi connectivity index (χ3v) is 3.99. The molecule has 0 aromatic heterocycles. The van der Waals surface area contributed by atoms with E-state index in [4.69, 9.17) is 5.84 Å². The summed E-state index contributed by atoms with van der Waals surface area (Å²) in [6.45, 7) is 3.19. The molecule has 20 heavy (non-hydrogen) atoms. The number of benzene rings is 1. The van der Waals surface area contributed by atoms with Crippen molar-refractivity contribution in [2.45, 2.75) is 25.4 Å². The Balaban J connectivity index is 1.87. The summed E-state index contributed by atoms with van der Waals surface area (Å²) >= 11 is 0. The van der Waals surface area contributed by atoms with Crippen molar-refractivity contribution < 1.29 is 4.79 Å². The second-order valence-electron chi connectivity index (χ2n) is 5.64. The summed E-state index contributed by atoms with van der Waals surface area (Å²) < 4.78 is 0. The molecule has 1 heterocycles. The van der Waals surface area contributed by atoms with Crippen LogP contribution in [0.5, 0.6) is 0 Å². The maximum absolute atomic E-state index is 11.4. The molecule has 1 fully saturated rings. The largest absolute Gasteiger partial charge is 0.302 e. The van der Waals surface area contributed by atoms with Gasteiger partial charge < -0.3 is 9.80 Å². The molecular formula is C15H24N4O. The SMILES string of the molecule is CN(Cc1ccc(C(=O)NN)cc1)CC1CCCN1C. The lowest BCUT2D eigenvalue weighted by Crippen LogP contribution is -2.36. The van der Waals surface area contributed by atoms with E-state index in [2.05, 4.69) is 29.3 Å². The van der Waals surface area contributed by atoms with Crippen molar-refractivity contribution in [2.24, 2.45) is 5.84 Å². The highest BCUT2D eigenvalue weighted by atomic mass is 16.2. The number of carbonyl (C=O) groups is 1. The second kappa shape index (κ2) is 6.83. The van der Waals surface area contributed by atoms with E-state index in [1.165, 1.54) is 24.9 Å². The highest BCUT2D eigenvalue weighted by Crippen LogP contribution is 2.16. The van der Waals surface area contributed by atoms with Gasteiger partial charge in [0.05, 0.1) is 0 Å². The molecule has 110 valence electrons. The predicted octanol–water partition coefficient (Wildman–Crippen LogP) is 0.816. The van der Waals surface area contributed by atoms with Gasteiger partial charge in [0.25, 0.3) is 5.91 Å². The number of nitrogen functional groups attached to an aromatic ring is 1.